The molecule has 1 N–H and O–H groups in total. The first-order valence-corrected chi connectivity index (χ1v) is 10.4. The smallest absolute Gasteiger partial charge is 0.376 e. The van der Waals surface area contributed by atoms with Crippen molar-refractivity contribution in [2.75, 3.05) is 11.9 Å². The summed E-state index contributed by atoms with van der Waals surface area (Å²) in [7, 11) is 0. The van der Waals surface area contributed by atoms with Crippen molar-refractivity contribution in [2.45, 2.75) is 25.3 Å². The van der Waals surface area contributed by atoms with Crippen LogP contribution in [0.5, 0.6) is 0 Å². The van der Waals surface area contributed by atoms with Gasteiger partial charge in [-0.05, 0) is 61.1 Å². The molecule has 0 amide bonds. The number of anilines is 2. The summed E-state index contributed by atoms with van der Waals surface area (Å²) in [4.78, 5) is 12.6. The maximum absolute atomic E-state index is 13.0. The number of halogens is 1. The summed E-state index contributed by atoms with van der Waals surface area (Å²) in [6.07, 6.45) is 8.00. The van der Waals surface area contributed by atoms with E-state index in [-0.39, 0.29) is 35.4 Å². The SMILES string of the molecule is N#CN1CC2CCC1C2.O=[C-]c1ccc(-c2ccccc2Nc2ccc(F)cc2)cc1.[Na+]. The molecule has 156 valence electrons. The van der Waals surface area contributed by atoms with E-state index < -0.39 is 0 Å². The second-order valence-corrected chi connectivity index (χ2v) is 7.94. The molecule has 4 nitrogen and oxygen atoms in total. The molecule has 3 aromatic rings. The molecule has 1 saturated heterocycles. The number of hydrogen-bond donors (Lipinski definition) is 1. The van der Waals surface area contributed by atoms with Crippen LogP contribution in [0.15, 0.2) is 72.8 Å². The molecule has 0 aromatic heterocycles. The topological polar surface area (TPSA) is 56.1 Å². The predicted octanol–water partition coefficient (Wildman–Crippen LogP) is 2.65. The first kappa shape index (κ1) is 24.0. The molecule has 32 heavy (non-hydrogen) atoms. The molecule has 3 aromatic carbocycles. The third kappa shape index (κ3) is 5.77. The van der Waals surface area contributed by atoms with Crippen molar-refractivity contribution in [3.63, 3.8) is 0 Å². The summed E-state index contributed by atoms with van der Waals surface area (Å²) < 4.78 is 13.0. The van der Waals surface area contributed by atoms with Crippen molar-refractivity contribution in [1.29, 1.82) is 5.26 Å². The number of nitrogens with one attached hydrogen (secondary N) is 1. The van der Waals surface area contributed by atoms with E-state index in [0.717, 1.165) is 35.0 Å². The van der Waals surface area contributed by atoms with E-state index in [2.05, 4.69) is 11.5 Å². The number of nitriles is 1. The molecule has 5 rings (SSSR count). The van der Waals surface area contributed by atoms with Crippen LogP contribution in [0.2, 0.25) is 0 Å². The molecule has 2 unspecified atom stereocenters. The van der Waals surface area contributed by atoms with Crippen molar-refractivity contribution < 1.29 is 38.7 Å². The Labute approximate surface area is 210 Å². The summed E-state index contributed by atoms with van der Waals surface area (Å²) in [5, 5.41) is 11.8. The normalized spacial score (nSPS) is 18.1. The van der Waals surface area contributed by atoms with E-state index in [1.165, 1.54) is 31.4 Å². The second-order valence-electron chi connectivity index (χ2n) is 7.94. The van der Waals surface area contributed by atoms with Gasteiger partial charge in [0.15, 0.2) is 6.19 Å². The average Bonchev–Trinajstić information content (AvgIpc) is 3.45. The van der Waals surface area contributed by atoms with Crippen molar-refractivity contribution in [3.05, 3.63) is 84.2 Å². The van der Waals surface area contributed by atoms with Gasteiger partial charge in [0.1, 0.15) is 5.82 Å². The zero-order valence-electron chi connectivity index (χ0n) is 18.1. The summed E-state index contributed by atoms with van der Waals surface area (Å²) in [6.45, 7) is 1.04. The Hall–Kier alpha value is -2.65. The molecule has 2 atom stereocenters. The Morgan fingerprint density at radius 2 is 1.72 bits per heavy atom. The molecule has 1 heterocycles. The van der Waals surface area contributed by atoms with Crippen molar-refractivity contribution in [3.8, 4) is 17.3 Å². The maximum atomic E-state index is 13.0. The molecule has 2 fully saturated rings. The van der Waals surface area contributed by atoms with Crippen molar-refractivity contribution in [1.82, 2.24) is 4.90 Å². The van der Waals surface area contributed by atoms with Crippen LogP contribution in [-0.2, 0) is 4.79 Å². The Morgan fingerprint density at radius 1 is 1.00 bits per heavy atom. The number of likely N-dealkylation sites (tertiary alicyclic amines) is 1. The Kier molecular flexibility index (Phi) is 8.46. The van der Waals surface area contributed by atoms with Gasteiger partial charge in [-0.2, -0.15) is 23.0 Å². The zero-order valence-corrected chi connectivity index (χ0v) is 20.1. The van der Waals surface area contributed by atoms with E-state index in [0.29, 0.717) is 11.6 Å². The first-order valence-electron chi connectivity index (χ1n) is 10.4. The number of carbonyl (C=O) groups excluding carboxylic acids is 1. The molecule has 6 heteroatoms. The quantitative estimate of drug-likeness (QED) is 0.389. The summed E-state index contributed by atoms with van der Waals surface area (Å²) in [5.41, 5.74) is 4.24. The van der Waals surface area contributed by atoms with Gasteiger partial charge in [0, 0.05) is 29.5 Å². The van der Waals surface area contributed by atoms with Crippen LogP contribution in [0.4, 0.5) is 15.8 Å². The second kappa shape index (κ2) is 11.3. The minimum atomic E-state index is -0.264. The van der Waals surface area contributed by atoms with Crippen molar-refractivity contribution in [2.24, 2.45) is 5.92 Å². The third-order valence-corrected chi connectivity index (χ3v) is 5.90. The van der Waals surface area contributed by atoms with E-state index in [9.17, 15) is 9.18 Å². The molecule has 1 saturated carbocycles. The molecule has 1 aliphatic heterocycles. The summed E-state index contributed by atoms with van der Waals surface area (Å²) in [6, 6.07) is 21.9. The number of piperidine rings is 1. The fourth-order valence-electron chi connectivity index (χ4n) is 4.30. The van der Waals surface area contributed by atoms with Gasteiger partial charge < -0.3 is 15.0 Å². The minimum Gasteiger partial charge on any atom is -0.376 e. The van der Waals surface area contributed by atoms with Gasteiger partial charge in [-0.25, -0.2) is 4.39 Å². The van der Waals surface area contributed by atoms with Gasteiger partial charge in [0.25, 0.3) is 0 Å². The van der Waals surface area contributed by atoms with Gasteiger partial charge in [0.05, 0.1) is 6.29 Å². The van der Waals surface area contributed by atoms with Crippen LogP contribution in [0, 0.1) is 23.2 Å². The van der Waals surface area contributed by atoms with Crippen LogP contribution in [0.3, 0.4) is 0 Å². The predicted molar refractivity (Wildman–Crippen MR) is 120 cm³/mol. The fraction of sp³-hybridized carbons (Fsp3) is 0.231. The summed E-state index contributed by atoms with van der Waals surface area (Å²) >= 11 is 0. The Morgan fingerprint density at radius 3 is 2.28 bits per heavy atom. The van der Waals surface area contributed by atoms with Gasteiger partial charge >= 0.3 is 29.6 Å². The number of hydrogen-bond acceptors (Lipinski definition) is 4. The molecule has 0 radical (unpaired) electrons. The van der Waals surface area contributed by atoms with Crippen LogP contribution in [0.1, 0.15) is 24.8 Å². The number of nitrogens with zero attached hydrogens (tertiary/aromatic N) is 2. The van der Waals surface area contributed by atoms with Crippen LogP contribution >= 0.6 is 0 Å². The standard InChI is InChI=1S/C19H13FNO.C7H10N2.Na/c20-16-9-11-17(12-10-16)21-19-4-2-1-3-18(19)15-7-5-14(13-22)6-8-15;8-5-9-4-6-1-2-7(9)3-6;/h1-12,21H;6-7H,1-4H2;/q-1;;+1. The molecule has 1 aliphatic carbocycles. The van der Waals surface area contributed by atoms with Gasteiger partial charge in [0.2, 0.25) is 0 Å². The monoisotopic (exact) mass is 435 g/mol. The van der Waals surface area contributed by atoms with E-state index in [1.807, 2.05) is 47.6 Å². The van der Waals surface area contributed by atoms with Crippen LogP contribution in [0.25, 0.3) is 11.1 Å². The average molecular weight is 435 g/mol. The molecule has 0 spiro atoms. The molecular formula is C26H23FN3NaO. The fourth-order valence-corrected chi connectivity index (χ4v) is 4.30. The molecule has 2 bridgehead atoms. The van der Waals surface area contributed by atoms with Crippen LogP contribution < -0.4 is 34.9 Å². The Bertz CT molecular complexity index is 1080. The number of benzene rings is 3. The minimum absolute atomic E-state index is 0. The molecular weight excluding hydrogens is 412 g/mol. The van der Waals surface area contributed by atoms with E-state index in [4.69, 9.17) is 5.26 Å². The maximum Gasteiger partial charge on any atom is 1.00 e. The number of fused-ring (bicyclic) bond motifs is 2. The number of para-hydroxylation sites is 1. The zero-order chi connectivity index (χ0) is 21.6. The van der Waals surface area contributed by atoms with E-state index in [1.54, 1.807) is 24.3 Å². The summed E-state index contributed by atoms with van der Waals surface area (Å²) in [5.74, 6) is 0.592. The largest absolute Gasteiger partial charge is 1.00 e. The van der Waals surface area contributed by atoms with Crippen molar-refractivity contribution >= 4 is 17.7 Å². The number of rotatable bonds is 4. The third-order valence-electron chi connectivity index (χ3n) is 5.90. The van der Waals surface area contributed by atoms with Gasteiger partial charge in [-0.3, -0.25) is 0 Å². The first-order chi connectivity index (χ1) is 15.2. The van der Waals surface area contributed by atoms with E-state index >= 15 is 0 Å². The van der Waals surface area contributed by atoms with Gasteiger partial charge in [-0.15, -0.1) is 12.1 Å². The molecule has 2 aliphatic rings. The Balaban J connectivity index is 0.000000241. The van der Waals surface area contributed by atoms with Gasteiger partial charge in [-0.1, -0.05) is 18.2 Å². The van der Waals surface area contributed by atoms with Crippen LogP contribution in [-0.4, -0.2) is 23.8 Å².